The zero-order valence-corrected chi connectivity index (χ0v) is 15.3. The SMILES string of the molecule is CCN1C(=O)CC[C@@H](C(=O)NCCNC(C)=O)[C@@H]1c1cccc(Cl)c1. The van der Waals surface area contributed by atoms with E-state index in [-0.39, 0.29) is 29.7 Å². The first-order valence-corrected chi connectivity index (χ1v) is 8.89. The molecule has 0 radical (unpaired) electrons. The number of nitrogens with one attached hydrogen (secondary N) is 2. The first kappa shape index (κ1) is 19.2. The Morgan fingerprint density at radius 1 is 1.28 bits per heavy atom. The molecule has 1 aromatic carbocycles. The zero-order valence-electron chi connectivity index (χ0n) is 14.5. The van der Waals surface area contributed by atoms with Gasteiger partial charge in [-0.1, -0.05) is 23.7 Å². The van der Waals surface area contributed by atoms with Crippen LogP contribution in [-0.4, -0.2) is 42.3 Å². The zero-order chi connectivity index (χ0) is 18.4. The van der Waals surface area contributed by atoms with Crippen molar-refractivity contribution < 1.29 is 14.4 Å². The van der Waals surface area contributed by atoms with Gasteiger partial charge in [-0.25, -0.2) is 0 Å². The lowest BCUT2D eigenvalue weighted by atomic mass is 9.83. The van der Waals surface area contributed by atoms with Crippen molar-refractivity contribution in [1.82, 2.24) is 15.5 Å². The Kier molecular flexibility index (Phi) is 6.82. The molecule has 0 aliphatic carbocycles. The Bertz CT molecular complexity index is 650. The molecular weight excluding hydrogens is 342 g/mol. The summed E-state index contributed by atoms with van der Waals surface area (Å²) in [6, 6.07) is 6.98. The van der Waals surface area contributed by atoms with Crippen molar-refractivity contribution >= 4 is 29.3 Å². The van der Waals surface area contributed by atoms with E-state index in [0.717, 1.165) is 5.56 Å². The highest BCUT2D eigenvalue weighted by atomic mass is 35.5. The molecular formula is C18H24ClN3O3. The second kappa shape index (κ2) is 8.85. The van der Waals surface area contributed by atoms with Gasteiger partial charge in [0.2, 0.25) is 17.7 Å². The van der Waals surface area contributed by atoms with Crippen molar-refractivity contribution in [2.45, 2.75) is 32.7 Å². The number of carbonyl (C=O) groups excluding carboxylic acids is 3. The largest absolute Gasteiger partial charge is 0.355 e. The molecule has 7 heteroatoms. The summed E-state index contributed by atoms with van der Waals surface area (Å²) in [5, 5.41) is 6.08. The summed E-state index contributed by atoms with van der Waals surface area (Å²) in [5.41, 5.74) is 0.865. The van der Waals surface area contributed by atoms with Gasteiger partial charge in [-0.15, -0.1) is 0 Å². The molecule has 136 valence electrons. The summed E-state index contributed by atoms with van der Waals surface area (Å²) in [4.78, 5) is 37.6. The molecule has 6 nitrogen and oxygen atoms in total. The average molecular weight is 366 g/mol. The van der Waals surface area contributed by atoms with Gasteiger partial charge >= 0.3 is 0 Å². The molecule has 25 heavy (non-hydrogen) atoms. The molecule has 0 saturated carbocycles. The van der Waals surface area contributed by atoms with Gasteiger partial charge in [0.05, 0.1) is 12.0 Å². The number of amides is 3. The van der Waals surface area contributed by atoms with Crippen molar-refractivity contribution in [2.75, 3.05) is 19.6 Å². The molecule has 1 aromatic rings. The van der Waals surface area contributed by atoms with Gasteiger partial charge in [0.25, 0.3) is 0 Å². The lowest BCUT2D eigenvalue weighted by Crippen LogP contribution is -2.48. The Labute approximate surface area is 152 Å². The van der Waals surface area contributed by atoms with E-state index in [1.807, 2.05) is 25.1 Å². The maximum absolute atomic E-state index is 12.7. The fraction of sp³-hybridized carbons (Fsp3) is 0.500. The van der Waals surface area contributed by atoms with Crippen LogP contribution in [0, 0.1) is 5.92 Å². The van der Waals surface area contributed by atoms with Gasteiger partial charge in [0.15, 0.2) is 0 Å². The van der Waals surface area contributed by atoms with Crippen molar-refractivity contribution in [2.24, 2.45) is 5.92 Å². The van der Waals surface area contributed by atoms with Crippen LogP contribution in [0.2, 0.25) is 5.02 Å². The summed E-state index contributed by atoms with van der Waals surface area (Å²) in [5.74, 6) is -0.532. The lowest BCUT2D eigenvalue weighted by molar-refractivity contribution is -0.143. The fourth-order valence-corrected chi connectivity index (χ4v) is 3.46. The van der Waals surface area contributed by atoms with Crippen LogP contribution in [0.1, 0.15) is 38.3 Å². The van der Waals surface area contributed by atoms with E-state index in [9.17, 15) is 14.4 Å². The molecule has 0 spiro atoms. The third kappa shape index (κ3) is 4.95. The molecule has 3 amide bonds. The molecule has 1 aliphatic heterocycles. The Hall–Kier alpha value is -2.08. The number of carbonyl (C=O) groups is 3. The van der Waals surface area contributed by atoms with E-state index >= 15 is 0 Å². The maximum Gasteiger partial charge on any atom is 0.225 e. The highest BCUT2D eigenvalue weighted by Gasteiger charge is 2.39. The number of hydrogen-bond acceptors (Lipinski definition) is 3. The third-order valence-electron chi connectivity index (χ3n) is 4.37. The third-order valence-corrected chi connectivity index (χ3v) is 4.61. The van der Waals surface area contributed by atoms with E-state index in [0.29, 0.717) is 37.5 Å². The van der Waals surface area contributed by atoms with Gasteiger partial charge in [0, 0.05) is 38.0 Å². The Morgan fingerprint density at radius 3 is 2.64 bits per heavy atom. The van der Waals surface area contributed by atoms with Gasteiger partial charge in [-0.2, -0.15) is 0 Å². The molecule has 1 aliphatic rings. The number of rotatable bonds is 6. The van der Waals surface area contributed by atoms with Gasteiger partial charge in [0.1, 0.15) is 0 Å². The number of likely N-dealkylation sites (tertiary alicyclic amines) is 1. The van der Waals surface area contributed by atoms with Crippen molar-refractivity contribution in [3.8, 4) is 0 Å². The predicted molar refractivity (Wildman–Crippen MR) is 96.0 cm³/mol. The second-order valence-electron chi connectivity index (χ2n) is 6.10. The number of nitrogens with zero attached hydrogens (tertiary/aromatic N) is 1. The quantitative estimate of drug-likeness (QED) is 0.756. The molecule has 2 N–H and O–H groups in total. The van der Waals surface area contributed by atoms with Crippen LogP contribution in [0.4, 0.5) is 0 Å². The van der Waals surface area contributed by atoms with Gasteiger partial charge in [-0.05, 0) is 31.0 Å². The molecule has 1 saturated heterocycles. The normalized spacial score (nSPS) is 20.3. The topological polar surface area (TPSA) is 78.5 Å². The van der Waals surface area contributed by atoms with Crippen LogP contribution in [0.5, 0.6) is 0 Å². The highest BCUT2D eigenvalue weighted by Crippen LogP contribution is 2.37. The van der Waals surface area contributed by atoms with E-state index in [1.54, 1.807) is 11.0 Å². The maximum atomic E-state index is 12.7. The average Bonchev–Trinajstić information content (AvgIpc) is 2.58. The molecule has 1 fully saturated rings. The van der Waals surface area contributed by atoms with E-state index < -0.39 is 0 Å². The summed E-state index contributed by atoms with van der Waals surface area (Å²) in [6.07, 6.45) is 0.854. The predicted octanol–water partition coefficient (Wildman–Crippen LogP) is 1.89. The number of hydrogen-bond donors (Lipinski definition) is 2. The van der Waals surface area contributed by atoms with E-state index in [2.05, 4.69) is 10.6 Å². The summed E-state index contributed by atoms with van der Waals surface area (Å²) in [7, 11) is 0. The molecule has 0 bridgehead atoms. The minimum atomic E-state index is -0.339. The lowest BCUT2D eigenvalue weighted by Gasteiger charge is -2.40. The minimum absolute atomic E-state index is 0.0507. The first-order chi connectivity index (χ1) is 11.9. The van der Waals surface area contributed by atoms with Crippen LogP contribution < -0.4 is 10.6 Å². The molecule has 0 unspecified atom stereocenters. The van der Waals surface area contributed by atoms with Crippen molar-refractivity contribution in [3.63, 3.8) is 0 Å². The van der Waals surface area contributed by atoms with Crippen molar-refractivity contribution in [3.05, 3.63) is 34.9 Å². The minimum Gasteiger partial charge on any atom is -0.355 e. The standard InChI is InChI=1S/C18H24ClN3O3/c1-3-22-16(24)8-7-15(18(25)21-10-9-20-12(2)23)17(22)13-5-4-6-14(19)11-13/h4-6,11,15,17H,3,7-10H2,1-2H3,(H,20,23)(H,21,25)/t15-,17+/m1/s1. The first-order valence-electron chi connectivity index (χ1n) is 8.51. The summed E-state index contributed by atoms with van der Waals surface area (Å²) >= 11 is 6.11. The molecule has 0 aromatic heterocycles. The van der Waals surface area contributed by atoms with Crippen LogP contribution in [0.25, 0.3) is 0 Å². The Balaban J connectivity index is 2.17. The monoisotopic (exact) mass is 365 g/mol. The van der Waals surface area contributed by atoms with Crippen LogP contribution >= 0.6 is 11.6 Å². The number of halogens is 1. The van der Waals surface area contributed by atoms with Crippen LogP contribution in [0.15, 0.2) is 24.3 Å². The summed E-state index contributed by atoms with van der Waals surface area (Å²) in [6.45, 7) is 4.62. The van der Waals surface area contributed by atoms with Crippen molar-refractivity contribution in [1.29, 1.82) is 0 Å². The Morgan fingerprint density at radius 2 is 2.00 bits per heavy atom. The number of benzene rings is 1. The smallest absolute Gasteiger partial charge is 0.225 e. The van der Waals surface area contributed by atoms with Gasteiger partial charge in [-0.3, -0.25) is 14.4 Å². The molecule has 2 rings (SSSR count). The highest BCUT2D eigenvalue weighted by molar-refractivity contribution is 6.30. The molecule has 1 heterocycles. The fourth-order valence-electron chi connectivity index (χ4n) is 3.26. The van der Waals surface area contributed by atoms with E-state index in [1.165, 1.54) is 6.92 Å². The van der Waals surface area contributed by atoms with E-state index in [4.69, 9.17) is 11.6 Å². The number of piperidine rings is 1. The van der Waals surface area contributed by atoms with Gasteiger partial charge < -0.3 is 15.5 Å². The second-order valence-corrected chi connectivity index (χ2v) is 6.54. The summed E-state index contributed by atoms with van der Waals surface area (Å²) < 4.78 is 0. The van der Waals surface area contributed by atoms with Crippen LogP contribution in [-0.2, 0) is 14.4 Å². The van der Waals surface area contributed by atoms with Crippen LogP contribution in [0.3, 0.4) is 0 Å². The molecule has 2 atom stereocenters.